The van der Waals surface area contributed by atoms with Crippen LogP contribution in [0.15, 0.2) is 35.7 Å². The van der Waals surface area contributed by atoms with Crippen LogP contribution in [0.4, 0.5) is 0 Å². The second kappa shape index (κ2) is 8.44. The van der Waals surface area contributed by atoms with E-state index in [2.05, 4.69) is 21.6 Å². The Kier molecular flexibility index (Phi) is 5.54. The Balaban J connectivity index is 1.22. The molecule has 6 rings (SSSR count). The van der Waals surface area contributed by atoms with Gasteiger partial charge in [-0.15, -0.1) is 11.3 Å². The summed E-state index contributed by atoms with van der Waals surface area (Å²) in [6, 6.07) is 9.97. The van der Waals surface area contributed by atoms with Gasteiger partial charge in [-0.05, 0) is 67.6 Å². The van der Waals surface area contributed by atoms with Crippen molar-refractivity contribution in [3.63, 3.8) is 0 Å². The van der Waals surface area contributed by atoms with Gasteiger partial charge in [0.2, 0.25) is 0 Å². The summed E-state index contributed by atoms with van der Waals surface area (Å²) in [5, 5.41) is 9.62. The lowest BCUT2D eigenvalue weighted by molar-refractivity contribution is 0.0620. The standard InChI is InChI=1S/C22H27N3O3S/c26-21(24-19-13-25-9-5-15(19)6-10-25)16-1-3-17(4-2-16)28-22-18(7-12-29-22)20-14-27-11-8-23-20/h1-4,7,12,15,19-20,23H,5-6,8-11,13-14H2,(H,24,26)/t19-,20?/m0/s1. The van der Waals surface area contributed by atoms with E-state index in [1.165, 1.54) is 25.9 Å². The van der Waals surface area contributed by atoms with Gasteiger partial charge in [-0.25, -0.2) is 0 Å². The van der Waals surface area contributed by atoms with Gasteiger partial charge in [-0.1, -0.05) is 0 Å². The maximum absolute atomic E-state index is 12.7. The van der Waals surface area contributed by atoms with Gasteiger partial charge in [0.05, 0.1) is 19.3 Å². The third kappa shape index (κ3) is 4.19. The van der Waals surface area contributed by atoms with Crippen LogP contribution in [0.3, 0.4) is 0 Å². The third-order valence-corrected chi connectivity index (χ3v) is 7.06. The first kappa shape index (κ1) is 19.1. The summed E-state index contributed by atoms with van der Waals surface area (Å²) in [7, 11) is 0. The fourth-order valence-electron chi connectivity index (χ4n) is 4.57. The van der Waals surface area contributed by atoms with Gasteiger partial charge in [0, 0.05) is 30.3 Å². The highest BCUT2D eigenvalue weighted by Gasteiger charge is 2.34. The number of hydrogen-bond donors (Lipinski definition) is 2. The third-order valence-electron chi connectivity index (χ3n) is 6.26. The van der Waals surface area contributed by atoms with E-state index in [1.54, 1.807) is 11.3 Å². The van der Waals surface area contributed by atoms with E-state index in [0.29, 0.717) is 18.1 Å². The van der Waals surface area contributed by atoms with Gasteiger partial charge < -0.3 is 25.0 Å². The van der Waals surface area contributed by atoms with E-state index in [1.807, 2.05) is 29.6 Å². The van der Waals surface area contributed by atoms with Gasteiger partial charge in [-0.2, -0.15) is 0 Å². The van der Waals surface area contributed by atoms with Crippen LogP contribution in [-0.2, 0) is 4.74 Å². The van der Waals surface area contributed by atoms with Gasteiger partial charge in [-0.3, -0.25) is 4.79 Å². The van der Waals surface area contributed by atoms with E-state index >= 15 is 0 Å². The summed E-state index contributed by atoms with van der Waals surface area (Å²) in [6.45, 7) is 5.60. The quantitative estimate of drug-likeness (QED) is 0.789. The largest absolute Gasteiger partial charge is 0.446 e. The highest BCUT2D eigenvalue weighted by atomic mass is 32.1. The molecule has 2 atom stereocenters. The molecule has 0 radical (unpaired) electrons. The molecule has 154 valence electrons. The normalized spacial score (nSPS) is 28.8. The molecule has 0 aliphatic carbocycles. The average molecular weight is 414 g/mol. The van der Waals surface area contributed by atoms with Crippen LogP contribution in [0.5, 0.6) is 10.8 Å². The van der Waals surface area contributed by atoms with Crippen LogP contribution in [-0.4, -0.2) is 56.2 Å². The number of fused-ring (bicyclic) bond motifs is 3. The molecule has 1 unspecified atom stereocenters. The van der Waals surface area contributed by atoms with E-state index in [9.17, 15) is 4.79 Å². The monoisotopic (exact) mass is 413 g/mol. The van der Waals surface area contributed by atoms with Crippen LogP contribution in [0, 0.1) is 5.92 Å². The number of ether oxygens (including phenoxy) is 2. The Morgan fingerprint density at radius 3 is 2.72 bits per heavy atom. The lowest BCUT2D eigenvalue weighted by atomic mass is 9.84. The number of carbonyl (C=O) groups excluding carboxylic acids is 1. The van der Waals surface area contributed by atoms with Crippen LogP contribution in [0.2, 0.25) is 0 Å². The lowest BCUT2D eigenvalue weighted by Gasteiger charge is -2.44. The Hall–Kier alpha value is -1.93. The summed E-state index contributed by atoms with van der Waals surface area (Å²) in [5.74, 6) is 1.38. The maximum atomic E-state index is 12.7. The first-order valence-electron chi connectivity index (χ1n) is 10.5. The number of nitrogens with zero attached hydrogens (tertiary/aromatic N) is 1. The molecule has 1 aromatic carbocycles. The van der Waals surface area contributed by atoms with Crippen molar-refractivity contribution in [2.24, 2.45) is 5.92 Å². The smallest absolute Gasteiger partial charge is 0.251 e. The Morgan fingerprint density at radius 2 is 2.03 bits per heavy atom. The van der Waals surface area contributed by atoms with E-state index in [4.69, 9.17) is 9.47 Å². The molecule has 0 saturated carbocycles. The van der Waals surface area contributed by atoms with Crippen molar-refractivity contribution in [3.05, 3.63) is 46.8 Å². The number of rotatable bonds is 5. The lowest BCUT2D eigenvalue weighted by Crippen LogP contribution is -2.57. The molecule has 4 saturated heterocycles. The fourth-order valence-corrected chi connectivity index (χ4v) is 5.40. The van der Waals surface area contributed by atoms with Gasteiger partial charge in [0.15, 0.2) is 5.06 Å². The highest BCUT2D eigenvalue weighted by Crippen LogP contribution is 2.36. The van der Waals surface area contributed by atoms with E-state index in [-0.39, 0.29) is 18.0 Å². The van der Waals surface area contributed by atoms with E-state index in [0.717, 1.165) is 36.1 Å². The first-order chi connectivity index (χ1) is 14.3. The van der Waals surface area contributed by atoms with Crippen molar-refractivity contribution < 1.29 is 14.3 Å². The summed E-state index contributed by atoms with van der Waals surface area (Å²) in [4.78, 5) is 15.1. The Labute approximate surface area is 175 Å². The molecule has 0 spiro atoms. The molecule has 2 N–H and O–H groups in total. The average Bonchev–Trinajstić information content (AvgIpc) is 3.24. The summed E-state index contributed by atoms with van der Waals surface area (Å²) in [6.07, 6.45) is 2.39. The number of nitrogens with one attached hydrogen (secondary N) is 2. The Morgan fingerprint density at radius 1 is 1.21 bits per heavy atom. The molecule has 5 heterocycles. The van der Waals surface area contributed by atoms with Crippen molar-refractivity contribution in [2.45, 2.75) is 24.9 Å². The molecule has 2 bridgehead atoms. The molecule has 4 aliphatic rings. The molecule has 1 aromatic heterocycles. The number of carbonyl (C=O) groups is 1. The molecule has 1 amide bonds. The first-order valence-corrected chi connectivity index (χ1v) is 11.3. The fraction of sp³-hybridized carbons (Fsp3) is 0.500. The van der Waals surface area contributed by atoms with Crippen molar-refractivity contribution in [1.29, 1.82) is 0 Å². The topological polar surface area (TPSA) is 62.8 Å². The van der Waals surface area contributed by atoms with Gasteiger partial charge in [0.25, 0.3) is 5.91 Å². The molecule has 4 aliphatic heterocycles. The minimum atomic E-state index is 0.00988. The molecule has 4 fully saturated rings. The number of piperidine rings is 3. The van der Waals surface area contributed by atoms with Gasteiger partial charge >= 0.3 is 0 Å². The van der Waals surface area contributed by atoms with Crippen molar-refractivity contribution >= 4 is 17.2 Å². The highest BCUT2D eigenvalue weighted by molar-refractivity contribution is 7.12. The van der Waals surface area contributed by atoms with Crippen LogP contribution >= 0.6 is 11.3 Å². The predicted molar refractivity (Wildman–Crippen MR) is 113 cm³/mol. The van der Waals surface area contributed by atoms with Crippen molar-refractivity contribution in [2.75, 3.05) is 39.4 Å². The van der Waals surface area contributed by atoms with Gasteiger partial charge in [0.1, 0.15) is 5.75 Å². The zero-order valence-electron chi connectivity index (χ0n) is 16.4. The molecule has 29 heavy (non-hydrogen) atoms. The SMILES string of the molecule is O=C(N[C@H]1CN2CCC1CC2)c1ccc(Oc2sccc2C2COCCN2)cc1. The van der Waals surface area contributed by atoms with Crippen molar-refractivity contribution in [1.82, 2.24) is 15.5 Å². The molecule has 2 aromatic rings. The minimum Gasteiger partial charge on any atom is -0.446 e. The molecule has 6 nitrogen and oxygen atoms in total. The summed E-state index contributed by atoms with van der Waals surface area (Å²) >= 11 is 1.58. The number of thiophene rings is 1. The van der Waals surface area contributed by atoms with Crippen molar-refractivity contribution in [3.8, 4) is 10.8 Å². The maximum Gasteiger partial charge on any atom is 0.251 e. The number of hydrogen-bond acceptors (Lipinski definition) is 6. The number of benzene rings is 1. The van der Waals surface area contributed by atoms with Crippen LogP contribution in [0.1, 0.15) is 34.8 Å². The second-order valence-electron chi connectivity index (χ2n) is 8.09. The zero-order valence-corrected chi connectivity index (χ0v) is 17.2. The molecule has 7 heteroatoms. The second-order valence-corrected chi connectivity index (χ2v) is 8.97. The van der Waals surface area contributed by atoms with Crippen LogP contribution in [0.25, 0.3) is 0 Å². The minimum absolute atomic E-state index is 0.00988. The Bertz CT molecular complexity index is 839. The van der Waals surface area contributed by atoms with Crippen LogP contribution < -0.4 is 15.4 Å². The zero-order chi connectivity index (χ0) is 19.6. The molecular weight excluding hydrogens is 386 g/mol. The summed E-state index contributed by atoms with van der Waals surface area (Å²) in [5.41, 5.74) is 1.81. The number of morpholine rings is 1. The number of amides is 1. The predicted octanol–water partition coefficient (Wildman–Crippen LogP) is 3.03. The molecular formula is C22H27N3O3S. The van der Waals surface area contributed by atoms with E-state index < -0.39 is 0 Å². The summed E-state index contributed by atoms with van der Waals surface area (Å²) < 4.78 is 11.7.